The SMILES string of the molecule is CSc1nc(N)nc(NC(C)c2ccc(F)c(C)c2)n1. The zero-order valence-corrected chi connectivity index (χ0v) is 12.3. The van der Waals surface area contributed by atoms with Crippen molar-refractivity contribution >= 4 is 23.7 Å². The third kappa shape index (κ3) is 3.36. The van der Waals surface area contributed by atoms with E-state index in [1.807, 2.05) is 13.2 Å². The number of rotatable bonds is 4. The Labute approximate surface area is 121 Å². The van der Waals surface area contributed by atoms with Gasteiger partial charge in [-0.2, -0.15) is 15.0 Å². The van der Waals surface area contributed by atoms with E-state index in [2.05, 4.69) is 20.3 Å². The lowest BCUT2D eigenvalue weighted by Gasteiger charge is -2.15. The van der Waals surface area contributed by atoms with Gasteiger partial charge in [0.05, 0.1) is 6.04 Å². The fourth-order valence-corrected chi connectivity index (χ4v) is 2.10. The lowest BCUT2D eigenvalue weighted by atomic mass is 10.1. The zero-order valence-electron chi connectivity index (χ0n) is 11.5. The van der Waals surface area contributed by atoms with Gasteiger partial charge in [0.25, 0.3) is 0 Å². The highest BCUT2D eigenvalue weighted by Gasteiger charge is 2.10. The Morgan fingerprint density at radius 3 is 2.70 bits per heavy atom. The molecule has 0 saturated carbocycles. The number of nitrogens with one attached hydrogen (secondary N) is 1. The topological polar surface area (TPSA) is 76.7 Å². The summed E-state index contributed by atoms with van der Waals surface area (Å²) in [5.41, 5.74) is 7.19. The van der Waals surface area contributed by atoms with Crippen molar-refractivity contribution in [1.29, 1.82) is 0 Å². The molecule has 0 aliphatic rings. The van der Waals surface area contributed by atoms with E-state index in [1.54, 1.807) is 19.1 Å². The second kappa shape index (κ2) is 6.04. The maximum absolute atomic E-state index is 13.3. The van der Waals surface area contributed by atoms with Gasteiger partial charge in [-0.1, -0.05) is 23.9 Å². The molecular weight excluding hydrogens is 277 g/mol. The first-order valence-corrected chi connectivity index (χ1v) is 7.30. The maximum atomic E-state index is 13.3. The number of nitrogens with two attached hydrogens (primary N) is 1. The third-order valence-corrected chi connectivity index (χ3v) is 3.39. The Balaban J connectivity index is 2.20. The molecule has 1 unspecified atom stereocenters. The Hall–Kier alpha value is -1.89. The normalized spacial score (nSPS) is 12.2. The van der Waals surface area contributed by atoms with E-state index >= 15 is 0 Å². The van der Waals surface area contributed by atoms with Crippen molar-refractivity contribution < 1.29 is 4.39 Å². The van der Waals surface area contributed by atoms with Crippen LogP contribution in [0.5, 0.6) is 0 Å². The predicted molar refractivity (Wildman–Crippen MR) is 79.2 cm³/mol. The van der Waals surface area contributed by atoms with Crippen molar-refractivity contribution in [1.82, 2.24) is 15.0 Å². The van der Waals surface area contributed by atoms with Crippen LogP contribution in [0, 0.1) is 12.7 Å². The molecule has 20 heavy (non-hydrogen) atoms. The van der Waals surface area contributed by atoms with Gasteiger partial charge in [-0.05, 0) is 37.3 Å². The van der Waals surface area contributed by atoms with Crippen LogP contribution in [0.2, 0.25) is 0 Å². The minimum atomic E-state index is -0.213. The number of nitrogen functional groups attached to an aromatic ring is 1. The summed E-state index contributed by atoms with van der Waals surface area (Å²) < 4.78 is 13.3. The number of anilines is 2. The Bertz CT molecular complexity index is 620. The van der Waals surface area contributed by atoms with Gasteiger partial charge in [-0.25, -0.2) is 4.39 Å². The van der Waals surface area contributed by atoms with E-state index in [1.165, 1.54) is 17.8 Å². The van der Waals surface area contributed by atoms with Crippen LogP contribution in [-0.4, -0.2) is 21.2 Å². The van der Waals surface area contributed by atoms with Gasteiger partial charge in [0.2, 0.25) is 11.9 Å². The number of hydrogen-bond donors (Lipinski definition) is 2. The van der Waals surface area contributed by atoms with Crippen molar-refractivity contribution in [3.63, 3.8) is 0 Å². The van der Waals surface area contributed by atoms with Crippen LogP contribution >= 0.6 is 11.8 Å². The zero-order chi connectivity index (χ0) is 14.7. The first kappa shape index (κ1) is 14.5. The maximum Gasteiger partial charge on any atom is 0.228 e. The molecule has 3 N–H and O–H groups in total. The number of aryl methyl sites for hydroxylation is 1. The third-order valence-electron chi connectivity index (χ3n) is 2.84. The molecule has 0 fully saturated rings. The summed E-state index contributed by atoms with van der Waals surface area (Å²) >= 11 is 1.39. The largest absolute Gasteiger partial charge is 0.368 e. The molecule has 0 aliphatic carbocycles. The van der Waals surface area contributed by atoms with Gasteiger partial charge in [0.15, 0.2) is 5.16 Å². The van der Waals surface area contributed by atoms with E-state index in [4.69, 9.17) is 5.73 Å². The Morgan fingerprint density at radius 1 is 1.30 bits per heavy atom. The highest BCUT2D eigenvalue weighted by molar-refractivity contribution is 7.98. The van der Waals surface area contributed by atoms with Crippen molar-refractivity contribution in [3.05, 3.63) is 35.1 Å². The average molecular weight is 293 g/mol. The first-order chi connectivity index (χ1) is 9.49. The smallest absolute Gasteiger partial charge is 0.228 e. The molecule has 1 aromatic heterocycles. The highest BCUT2D eigenvalue weighted by atomic mass is 32.2. The number of aromatic nitrogens is 3. The molecule has 106 valence electrons. The number of halogens is 1. The summed E-state index contributed by atoms with van der Waals surface area (Å²) in [5, 5.41) is 3.70. The van der Waals surface area contributed by atoms with Crippen LogP contribution in [0.15, 0.2) is 23.4 Å². The monoisotopic (exact) mass is 293 g/mol. The minimum Gasteiger partial charge on any atom is -0.368 e. The molecule has 0 bridgehead atoms. The van der Waals surface area contributed by atoms with E-state index in [0.717, 1.165) is 5.56 Å². The minimum absolute atomic E-state index is 0.0641. The quantitative estimate of drug-likeness (QED) is 0.844. The van der Waals surface area contributed by atoms with Crippen molar-refractivity contribution in [2.75, 3.05) is 17.3 Å². The molecule has 2 aromatic rings. The number of benzene rings is 1. The second-order valence-electron chi connectivity index (χ2n) is 4.38. The number of thioether (sulfide) groups is 1. The molecule has 0 saturated heterocycles. The molecule has 0 amide bonds. The van der Waals surface area contributed by atoms with E-state index in [-0.39, 0.29) is 17.8 Å². The summed E-state index contributed by atoms with van der Waals surface area (Å²) in [5.74, 6) is 0.376. The Kier molecular flexibility index (Phi) is 4.39. The summed E-state index contributed by atoms with van der Waals surface area (Å²) in [7, 11) is 0. The summed E-state index contributed by atoms with van der Waals surface area (Å²) in [6.45, 7) is 3.68. The molecule has 1 aromatic carbocycles. The second-order valence-corrected chi connectivity index (χ2v) is 5.15. The molecule has 2 rings (SSSR count). The molecule has 0 radical (unpaired) electrons. The van der Waals surface area contributed by atoms with Crippen LogP contribution in [0.3, 0.4) is 0 Å². The van der Waals surface area contributed by atoms with Gasteiger partial charge < -0.3 is 11.1 Å². The van der Waals surface area contributed by atoms with Gasteiger partial charge >= 0.3 is 0 Å². The molecule has 0 spiro atoms. The fourth-order valence-electron chi connectivity index (χ4n) is 1.74. The van der Waals surface area contributed by atoms with Crippen LogP contribution in [0.1, 0.15) is 24.1 Å². The lowest BCUT2D eigenvalue weighted by molar-refractivity contribution is 0.617. The number of nitrogens with zero attached hydrogens (tertiary/aromatic N) is 3. The van der Waals surface area contributed by atoms with Crippen LogP contribution < -0.4 is 11.1 Å². The van der Waals surface area contributed by atoms with E-state index < -0.39 is 0 Å². The van der Waals surface area contributed by atoms with Crippen LogP contribution in [0.4, 0.5) is 16.3 Å². The average Bonchev–Trinajstić information content (AvgIpc) is 2.41. The Morgan fingerprint density at radius 2 is 2.05 bits per heavy atom. The lowest BCUT2D eigenvalue weighted by Crippen LogP contribution is -2.12. The molecule has 1 atom stereocenters. The highest BCUT2D eigenvalue weighted by Crippen LogP contribution is 2.20. The molecule has 0 aliphatic heterocycles. The van der Waals surface area contributed by atoms with Gasteiger partial charge in [-0.15, -0.1) is 0 Å². The fraction of sp³-hybridized carbons (Fsp3) is 0.308. The standard InChI is InChI=1S/C13H16FN5S/c1-7-6-9(4-5-10(7)14)8(2)16-12-17-11(15)18-13(19-12)20-3/h4-6,8H,1-3H3,(H3,15,16,17,18,19). The number of hydrogen-bond acceptors (Lipinski definition) is 6. The first-order valence-electron chi connectivity index (χ1n) is 6.07. The molecule has 7 heteroatoms. The molecule has 5 nitrogen and oxygen atoms in total. The van der Waals surface area contributed by atoms with Crippen molar-refractivity contribution in [3.8, 4) is 0 Å². The van der Waals surface area contributed by atoms with Gasteiger partial charge in [0.1, 0.15) is 5.82 Å². The molecule has 1 heterocycles. The summed E-state index contributed by atoms with van der Waals surface area (Å²) in [6, 6.07) is 4.93. The van der Waals surface area contributed by atoms with Crippen molar-refractivity contribution in [2.45, 2.75) is 25.0 Å². The van der Waals surface area contributed by atoms with Gasteiger partial charge in [-0.3, -0.25) is 0 Å². The predicted octanol–water partition coefficient (Wildman–Crippen LogP) is 2.80. The van der Waals surface area contributed by atoms with Gasteiger partial charge in [0, 0.05) is 0 Å². The van der Waals surface area contributed by atoms with E-state index in [9.17, 15) is 4.39 Å². The summed E-state index contributed by atoms with van der Waals surface area (Å²) in [6.07, 6.45) is 1.87. The van der Waals surface area contributed by atoms with Crippen LogP contribution in [0.25, 0.3) is 0 Å². The van der Waals surface area contributed by atoms with Crippen LogP contribution in [-0.2, 0) is 0 Å². The van der Waals surface area contributed by atoms with E-state index in [0.29, 0.717) is 16.7 Å². The summed E-state index contributed by atoms with van der Waals surface area (Å²) in [4.78, 5) is 12.3. The van der Waals surface area contributed by atoms with Crippen molar-refractivity contribution in [2.24, 2.45) is 0 Å². The molecular formula is C13H16FN5S.